The Morgan fingerprint density at radius 3 is 2.62 bits per heavy atom. The second kappa shape index (κ2) is 4.56. The van der Waals surface area contributed by atoms with E-state index < -0.39 is 0 Å². The molecule has 0 atom stereocenters. The average molecular weight is 218 g/mol. The molecule has 2 rings (SSSR count). The summed E-state index contributed by atoms with van der Waals surface area (Å²) >= 11 is 0. The van der Waals surface area contributed by atoms with Crippen LogP contribution >= 0.6 is 0 Å². The largest absolute Gasteiger partial charge is 0.382 e. The van der Waals surface area contributed by atoms with Gasteiger partial charge in [-0.1, -0.05) is 0 Å². The molecule has 86 valence electrons. The molecule has 1 amide bonds. The van der Waals surface area contributed by atoms with Crippen molar-refractivity contribution >= 4 is 11.6 Å². The van der Waals surface area contributed by atoms with E-state index in [0.717, 1.165) is 16.8 Å². The van der Waals surface area contributed by atoms with Crippen LogP contribution in [0.3, 0.4) is 0 Å². The van der Waals surface area contributed by atoms with Gasteiger partial charge in [-0.15, -0.1) is 0 Å². The lowest BCUT2D eigenvalue weighted by atomic mass is 9.92. The number of anilines is 1. The van der Waals surface area contributed by atoms with E-state index in [0.29, 0.717) is 6.04 Å². The first-order chi connectivity index (χ1) is 7.70. The predicted octanol–water partition coefficient (Wildman–Crippen LogP) is 2.32. The molecule has 3 heteroatoms. The molecular formula is C13H18N2O. The Hall–Kier alpha value is -1.51. The Bertz CT molecular complexity index is 397. The molecule has 0 unspecified atom stereocenters. The van der Waals surface area contributed by atoms with Crippen LogP contribution in [0.2, 0.25) is 0 Å². The number of rotatable bonds is 3. The number of carbonyl (C=O) groups is 1. The van der Waals surface area contributed by atoms with Crippen LogP contribution in [0.5, 0.6) is 0 Å². The van der Waals surface area contributed by atoms with Gasteiger partial charge in [-0.05, 0) is 49.9 Å². The molecule has 0 aliphatic heterocycles. The van der Waals surface area contributed by atoms with E-state index in [1.165, 1.54) is 19.3 Å². The van der Waals surface area contributed by atoms with Gasteiger partial charge in [0.25, 0.3) is 5.91 Å². The number of amides is 1. The molecule has 0 saturated heterocycles. The van der Waals surface area contributed by atoms with Gasteiger partial charge in [0.15, 0.2) is 0 Å². The fourth-order valence-corrected chi connectivity index (χ4v) is 1.88. The first-order valence-corrected chi connectivity index (χ1v) is 5.80. The van der Waals surface area contributed by atoms with E-state index in [1.54, 1.807) is 7.05 Å². The average Bonchev–Trinajstić information content (AvgIpc) is 2.23. The number of hydrogen-bond donors (Lipinski definition) is 2. The van der Waals surface area contributed by atoms with Gasteiger partial charge in [0, 0.05) is 24.3 Å². The lowest BCUT2D eigenvalue weighted by Crippen LogP contribution is -2.27. The number of benzene rings is 1. The fraction of sp³-hybridized carbons (Fsp3) is 0.462. The Morgan fingerprint density at radius 1 is 1.38 bits per heavy atom. The fourth-order valence-electron chi connectivity index (χ4n) is 1.88. The van der Waals surface area contributed by atoms with Crippen LogP contribution in [0.25, 0.3) is 0 Å². The summed E-state index contributed by atoms with van der Waals surface area (Å²) in [6, 6.07) is 6.43. The molecule has 1 aliphatic carbocycles. The van der Waals surface area contributed by atoms with Gasteiger partial charge in [0.05, 0.1) is 0 Å². The van der Waals surface area contributed by atoms with E-state index in [2.05, 4.69) is 10.6 Å². The van der Waals surface area contributed by atoms with Gasteiger partial charge in [-0.25, -0.2) is 0 Å². The van der Waals surface area contributed by atoms with Crippen molar-refractivity contribution in [3.05, 3.63) is 29.3 Å². The van der Waals surface area contributed by atoms with Gasteiger partial charge in [-0.3, -0.25) is 4.79 Å². The van der Waals surface area contributed by atoms with E-state index >= 15 is 0 Å². The standard InChI is InChI=1S/C13H18N2O/c1-9-8-10(13(16)14-2)6-7-12(9)15-11-4-3-5-11/h6-8,11,15H,3-5H2,1-2H3,(H,14,16). The zero-order chi connectivity index (χ0) is 11.5. The van der Waals surface area contributed by atoms with E-state index in [9.17, 15) is 4.79 Å². The third-order valence-corrected chi connectivity index (χ3v) is 3.18. The molecule has 1 aromatic rings. The maximum Gasteiger partial charge on any atom is 0.251 e. The van der Waals surface area contributed by atoms with Crippen LogP contribution in [0, 0.1) is 6.92 Å². The summed E-state index contributed by atoms with van der Waals surface area (Å²) in [7, 11) is 1.65. The summed E-state index contributed by atoms with van der Waals surface area (Å²) in [4.78, 5) is 11.4. The van der Waals surface area contributed by atoms with Crippen molar-refractivity contribution in [2.45, 2.75) is 32.2 Å². The van der Waals surface area contributed by atoms with E-state index in [4.69, 9.17) is 0 Å². The van der Waals surface area contributed by atoms with E-state index in [1.807, 2.05) is 25.1 Å². The monoisotopic (exact) mass is 218 g/mol. The maximum absolute atomic E-state index is 11.4. The first kappa shape index (κ1) is 11.0. The number of nitrogens with one attached hydrogen (secondary N) is 2. The Morgan fingerprint density at radius 2 is 2.12 bits per heavy atom. The van der Waals surface area contributed by atoms with Crippen molar-refractivity contribution in [3.8, 4) is 0 Å². The first-order valence-electron chi connectivity index (χ1n) is 5.80. The van der Waals surface area contributed by atoms with Crippen LogP contribution in [-0.2, 0) is 0 Å². The number of aryl methyl sites for hydroxylation is 1. The third kappa shape index (κ3) is 2.18. The molecule has 1 aromatic carbocycles. The Labute approximate surface area is 96.2 Å². The number of carbonyl (C=O) groups excluding carboxylic acids is 1. The predicted molar refractivity (Wildman–Crippen MR) is 65.8 cm³/mol. The molecule has 0 aromatic heterocycles. The summed E-state index contributed by atoms with van der Waals surface area (Å²) in [6.07, 6.45) is 3.85. The highest BCUT2D eigenvalue weighted by Crippen LogP contribution is 2.25. The van der Waals surface area contributed by atoms with Gasteiger partial charge in [0.1, 0.15) is 0 Å². The van der Waals surface area contributed by atoms with Crippen molar-refractivity contribution in [1.82, 2.24) is 5.32 Å². The summed E-state index contributed by atoms with van der Waals surface area (Å²) in [5.41, 5.74) is 3.00. The van der Waals surface area contributed by atoms with Gasteiger partial charge < -0.3 is 10.6 Å². The summed E-state index contributed by atoms with van der Waals surface area (Å²) in [5, 5.41) is 6.13. The topological polar surface area (TPSA) is 41.1 Å². The SMILES string of the molecule is CNC(=O)c1ccc(NC2CCC2)c(C)c1. The minimum absolute atomic E-state index is 0.0294. The minimum atomic E-state index is -0.0294. The van der Waals surface area contributed by atoms with Gasteiger partial charge >= 0.3 is 0 Å². The molecule has 0 bridgehead atoms. The highest BCUT2D eigenvalue weighted by atomic mass is 16.1. The lowest BCUT2D eigenvalue weighted by molar-refractivity contribution is 0.0963. The lowest BCUT2D eigenvalue weighted by Gasteiger charge is -2.28. The van der Waals surface area contributed by atoms with Crippen LogP contribution < -0.4 is 10.6 Å². The third-order valence-electron chi connectivity index (χ3n) is 3.18. The van der Waals surface area contributed by atoms with Gasteiger partial charge in [0.2, 0.25) is 0 Å². The molecule has 0 heterocycles. The molecule has 1 fully saturated rings. The second-order valence-corrected chi connectivity index (χ2v) is 4.38. The quantitative estimate of drug-likeness (QED) is 0.817. The highest BCUT2D eigenvalue weighted by Gasteiger charge is 2.17. The van der Waals surface area contributed by atoms with Crippen molar-refractivity contribution in [3.63, 3.8) is 0 Å². The molecule has 1 aliphatic rings. The molecule has 1 saturated carbocycles. The number of hydrogen-bond acceptors (Lipinski definition) is 2. The van der Waals surface area contributed by atoms with Gasteiger partial charge in [-0.2, -0.15) is 0 Å². The zero-order valence-electron chi connectivity index (χ0n) is 9.84. The second-order valence-electron chi connectivity index (χ2n) is 4.38. The highest BCUT2D eigenvalue weighted by molar-refractivity contribution is 5.94. The summed E-state index contributed by atoms with van der Waals surface area (Å²) < 4.78 is 0. The molecule has 0 radical (unpaired) electrons. The van der Waals surface area contributed by atoms with Crippen molar-refractivity contribution in [2.75, 3.05) is 12.4 Å². The minimum Gasteiger partial charge on any atom is -0.382 e. The molecule has 16 heavy (non-hydrogen) atoms. The molecular weight excluding hydrogens is 200 g/mol. The van der Waals surface area contributed by atoms with Crippen LogP contribution in [-0.4, -0.2) is 19.0 Å². The summed E-state index contributed by atoms with van der Waals surface area (Å²) in [5.74, 6) is -0.0294. The normalized spacial score (nSPS) is 15.4. The van der Waals surface area contributed by atoms with E-state index in [-0.39, 0.29) is 5.91 Å². The van der Waals surface area contributed by atoms with Crippen LogP contribution in [0.15, 0.2) is 18.2 Å². The van der Waals surface area contributed by atoms with Crippen LogP contribution in [0.1, 0.15) is 35.2 Å². The van der Waals surface area contributed by atoms with Crippen LogP contribution in [0.4, 0.5) is 5.69 Å². The Balaban J connectivity index is 2.12. The van der Waals surface area contributed by atoms with Crippen molar-refractivity contribution in [1.29, 1.82) is 0 Å². The molecule has 3 nitrogen and oxygen atoms in total. The molecule has 0 spiro atoms. The van der Waals surface area contributed by atoms with Crippen molar-refractivity contribution in [2.24, 2.45) is 0 Å². The smallest absolute Gasteiger partial charge is 0.251 e. The maximum atomic E-state index is 11.4. The summed E-state index contributed by atoms with van der Waals surface area (Å²) in [6.45, 7) is 2.04. The zero-order valence-corrected chi connectivity index (χ0v) is 9.84. The molecule has 2 N–H and O–H groups in total. The Kier molecular flexibility index (Phi) is 3.13. The van der Waals surface area contributed by atoms with Crippen molar-refractivity contribution < 1.29 is 4.79 Å².